The van der Waals surface area contributed by atoms with Gasteiger partial charge in [-0.25, -0.2) is 4.79 Å². The van der Waals surface area contributed by atoms with Crippen molar-refractivity contribution in [2.45, 2.75) is 211 Å². The van der Waals surface area contributed by atoms with E-state index in [1.54, 1.807) is 47.6 Å². The summed E-state index contributed by atoms with van der Waals surface area (Å²) in [7, 11) is 6.72. The second-order valence-electron chi connectivity index (χ2n) is 23.5. The van der Waals surface area contributed by atoms with Crippen LogP contribution in [0.3, 0.4) is 0 Å². The number of aliphatic hydroxyl groups excluding tert-OH is 2. The number of ketones is 1. The third-order valence-electron chi connectivity index (χ3n) is 17.4. The number of pyridine rings is 1. The normalized spacial score (nSPS) is 38.1. The highest BCUT2D eigenvalue weighted by Crippen LogP contribution is 2.43. The molecule has 5 heterocycles. The molecule has 21 nitrogen and oxygen atoms in total. The van der Waals surface area contributed by atoms with Gasteiger partial charge in [-0.05, 0) is 112 Å². The molecular formula is C57H90N4O17. The standard InChI is InChI=1S/C57H90N4O17/c1-16-41-57(11,70)49(66)32(5)45(63)29(2)26-55(9,71-14)50(78-54-47(65)40(60(12)13)23-31(4)73-54)33(6)48(34(7)53(69)75-41)77-43-27-56(10,72-15)51(35(8)74-43)76-42(62)19-20-58-21-22-59-37-24-36-18-17-30(3)61-28-39(52(67)68)46(64)38(25-37)44(36)61/h24-25,28-35,40-41,43,47-51,54,58-59,65-66,70H,16-23,26-27H2,1-15H3,(H,67,68)/t29-,30?,31+,32+,33+,34-,35+,40-,41-,43+,47+,48+,49-,50-,51+,54-,55-,56-,57-/m1/s1. The number of anilines is 1. The van der Waals surface area contributed by atoms with E-state index in [0.29, 0.717) is 30.6 Å². The number of rotatable bonds is 17. The maximum absolute atomic E-state index is 14.6. The number of ether oxygens (including phenoxy) is 8. The highest BCUT2D eigenvalue weighted by atomic mass is 16.7. The van der Waals surface area contributed by atoms with E-state index in [9.17, 15) is 44.4 Å². The molecule has 1 aromatic heterocycles. The first-order valence-corrected chi connectivity index (χ1v) is 27.8. The van der Waals surface area contributed by atoms with E-state index < -0.39 is 119 Å². The summed E-state index contributed by atoms with van der Waals surface area (Å²) in [6, 6.07) is 3.40. The predicted molar refractivity (Wildman–Crippen MR) is 289 cm³/mol. The van der Waals surface area contributed by atoms with Crippen LogP contribution < -0.4 is 16.1 Å². The first-order valence-electron chi connectivity index (χ1n) is 27.8. The molecule has 0 saturated carbocycles. The Morgan fingerprint density at radius 2 is 1.55 bits per heavy atom. The van der Waals surface area contributed by atoms with E-state index in [1.807, 2.05) is 50.4 Å². The average Bonchev–Trinajstić information content (AvgIpc) is 3.49. The van der Waals surface area contributed by atoms with Gasteiger partial charge in [0, 0.05) is 87.4 Å². The molecule has 21 heteroatoms. The van der Waals surface area contributed by atoms with Crippen molar-refractivity contribution in [3.8, 4) is 0 Å². The number of hydrogen-bond donors (Lipinski definition) is 6. The van der Waals surface area contributed by atoms with Crippen molar-refractivity contribution in [2.24, 2.45) is 23.7 Å². The van der Waals surface area contributed by atoms with E-state index in [2.05, 4.69) is 10.6 Å². The van der Waals surface area contributed by atoms with Crippen molar-refractivity contribution in [3.63, 3.8) is 0 Å². The fraction of sp³-hybridized carbons (Fsp3) is 0.772. The van der Waals surface area contributed by atoms with E-state index in [1.165, 1.54) is 34.3 Å². The topological polar surface area (TPSA) is 272 Å². The summed E-state index contributed by atoms with van der Waals surface area (Å²) in [5.41, 5.74) is -2.90. The molecule has 3 fully saturated rings. The molecule has 4 aliphatic heterocycles. The molecule has 78 heavy (non-hydrogen) atoms. The van der Waals surface area contributed by atoms with Gasteiger partial charge in [-0.15, -0.1) is 0 Å². The lowest BCUT2D eigenvalue weighted by molar-refractivity contribution is -0.320. The first kappa shape index (κ1) is 63.1. The lowest BCUT2D eigenvalue weighted by Crippen LogP contribution is -2.61. The molecule has 6 N–H and O–H groups in total. The molecular weight excluding hydrogens is 1010 g/mol. The fourth-order valence-electron chi connectivity index (χ4n) is 12.5. The zero-order chi connectivity index (χ0) is 57.9. The van der Waals surface area contributed by atoms with Crippen LogP contribution in [0.25, 0.3) is 10.9 Å². The summed E-state index contributed by atoms with van der Waals surface area (Å²) in [6.07, 6.45) is -6.63. The van der Waals surface area contributed by atoms with Crippen LogP contribution in [-0.2, 0) is 58.7 Å². The quantitative estimate of drug-likeness (QED) is 0.0933. The number of benzene rings is 1. The number of esters is 2. The van der Waals surface area contributed by atoms with Gasteiger partial charge < -0.3 is 78.4 Å². The Morgan fingerprint density at radius 3 is 2.18 bits per heavy atom. The number of methoxy groups -OCH3 is 2. The number of likely N-dealkylation sites (N-methyl/N-ethyl adjacent to an activating group) is 1. The van der Waals surface area contributed by atoms with Crippen molar-refractivity contribution in [1.29, 1.82) is 0 Å². The Bertz CT molecular complexity index is 2490. The molecule has 0 spiro atoms. The van der Waals surface area contributed by atoms with Crippen LogP contribution in [0.1, 0.15) is 137 Å². The van der Waals surface area contributed by atoms with Crippen LogP contribution in [0, 0.1) is 23.7 Å². The van der Waals surface area contributed by atoms with Gasteiger partial charge in [-0.1, -0.05) is 27.7 Å². The summed E-state index contributed by atoms with van der Waals surface area (Å²) in [6.45, 7) is 20.2. The van der Waals surface area contributed by atoms with E-state index in [-0.39, 0.29) is 61.8 Å². The van der Waals surface area contributed by atoms with Crippen LogP contribution in [0.15, 0.2) is 23.1 Å². The van der Waals surface area contributed by atoms with E-state index in [4.69, 9.17) is 37.9 Å². The zero-order valence-corrected chi connectivity index (χ0v) is 48.5. The van der Waals surface area contributed by atoms with Crippen molar-refractivity contribution in [2.75, 3.05) is 53.3 Å². The second-order valence-corrected chi connectivity index (χ2v) is 23.5. The van der Waals surface area contributed by atoms with Crippen LogP contribution in [0.2, 0.25) is 0 Å². The number of aromatic carboxylic acids is 1. The second kappa shape index (κ2) is 25.8. The number of carbonyl (C=O) groups excluding carboxylic acids is 3. The summed E-state index contributed by atoms with van der Waals surface area (Å²) in [5, 5.41) is 52.0. The van der Waals surface area contributed by atoms with Crippen molar-refractivity contribution in [1.82, 2.24) is 14.8 Å². The van der Waals surface area contributed by atoms with Gasteiger partial charge in [0.2, 0.25) is 5.43 Å². The largest absolute Gasteiger partial charge is 0.477 e. The maximum atomic E-state index is 14.6. The van der Waals surface area contributed by atoms with Gasteiger partial charge in [-0.2, -0.15) is 0 Å². The van der Waals surface area contributed by atoms with Crippen molar-refractivity contribution in [3.05, 3.63) is 39.7 Å². The Morgan fingerprint density at radius 1 is 0.885 bits per heavy atom. The Hall–Kier alpha value is -4.13. The van der Waals surface area contributed by atoms with Gasteiger partial charge in [0.05, 0.1) is 54.0 Å². The minimum Gasteiger partial charge on any atom is -0.477 e. The molecule has 3 saturated heterocycles. The Kier molecular flexibility index (Phi) is 20.8. The summed E-state index contributed by atoms with van der Waals surface area (Å²) in [5.74, 6) is -6.62. The zero-order valence-electron chi connectivity index (χ0n) is 48.5. The summed E-state index contributed by atoms with van der Waals surface area (Å²) >= 11 is 0. The van der Waals surface area contributed by atoms with Crippen LogP contribution in [0.4, 0.5) is 5.69 Å². The minimum atomic E-state index is -2.03. The minimum absolute atomic E-state index is 0.0108. The van der Waals surface area contributed by atoms with Gasteiger partial charge in [0.25, 0.3) is 0 Å². The number of carboxylic acid groups (broad SMARTS) is 1. The summed E-state index contributed by atoms with van der Waals surface area (Å²) in [4.78, 5) is 69.4. The van der Waals surface area contributed by atoms with Gasteiger partial charge in [0.15, 0.2) is 18.7 Å². The van der Waals surface area contributed by atoms with Gasteiger partial charge in [0.1, 0.15) is 34.8 Å². The number of carbonyl (C=O) groups is 4. The highest BCUT2D eigenvalue weighted by molar-refractivity contribution is 5.95. The number of cyclic esters (lactones) is 1. The molecule has 0 aliphatic carbocycles. The molecule has 0 amide bonds. The summed E-state index contributed by atoms with van der Waals surface area (Å²) < 4.78 is 53.2. The number of nitrogens with one attached hydrogen (secondary N) is 2. The number of nitrogens with zero attached hydrogens (tertiary/aromatic N) is 2. The monoisotopic (exact) mass is 1100 g/mol. The molecule has 6 rings (SSSR count). The molecule has 0 bridgehead atoms. The average molecular weight is 1100 g/mol. The lowest BCUT2D eigenvalue weighted by atomic mass is 9.74. The van der Waals surface area contributed by atoms with Crippen LogP contribution in [-0.4, -0.2) is 186 Å². The first-order chi connectivity index (χ1) is 36.5. The molecule has 4 aliphatic rings. The number of aliphatic hydroxyl groups is 3. The number of Topliss-reactive ketones (excluding diaryl/α,β-unsaturated/α-hetero) is 1. The Labute approximate surface area is 459 Å². The van der Waals surface area contributed by atoms with Crippen LogP contribution in [0.5, 0.6) is 0 Å². The third-order valence-corrected chi connectivity index (χ3v) is 17.4. The number of carboxylic acids is 1. The number of hydrogen-bond acceptors (Lipinski definition) is 19. The van der Waals surface area contributed by atoms with E-state index >= 15 is 0 Å². The van der Waals surface area contributed by atoms with Gasteiger partial charge >= 0.3 is 17.9 Å². The molecule has 2 aromatic rings. The molecule has 440 valence electrons. The third kappa shape index (κ3) is 13.4. The molecule has 1 unspecified atom stereocenters. The number of aromatic nitrogens is 1. The maximum Gasteiger partial charge on any atom is 0.341 e. The molecule has 19 atom stereocenters. The van der Waals surface area contributed by atoms with Crippen LogP contribution >= 0.6 is 0 Å². The molecule has 0 radical (unpaired) electrons. The predicted octanol–water partition coefficient (Wildman–Crippen LogP) is 4.60. The fourth-order valence-corrected chi connectivity index (χ4v) is 12.5. The van der Waals surface area contributed by atoms with Crippen molar-refractivity contribution >= 4 is 40.3 Å². The smallest absolute Gasteiger partial charge is 0.341 e. The SMILES string of the molecule is CC[C@H]1OC(=O)[C@H](C)[C@@H](O[C@H]2C[C@@](C)(OC)[C@@H](OC(=O)CCNCCNc3cc4c5c(c3)c(=O)c(C(=O)O)cn5C(C)CC4)[C@H](C)O2)[C@H](C)[C@@H](O[C@H]2O[C@@H](C)C[C@@H](N(C)C)[C@@H]2O)[C@](C)(OC)C[C@@H](C)C(=O)[C@H](C)[C@@H](O)[C@]1(C)O. The molecule has 1 aromatic carbocycles. The number of aryl methyl sites for hydroxylation is 1. The van der Waals surface area contributed by atoms with Gasteiger partial charge in [-0.3, -0.25) is 19.2 Å². The van der Waals surface area contributed by atoms with E-state index in [0.717, 1.165) is 23.9 Å². The lowest BCUT2D eigenvalue weighted by Gasteiger charge is -2.50. The Balaban J connectivity index is 1.19. The van der Waals surface area contributed by atoms with Crippen molar-refractivity contribution < 1.29 is 77.5 Å². The highest BCUT2D eigenvalue weighted by Gasteiger charge is 2.55.